The van der Waals surface area contributed by atoms with Crippen molar-refractivity contribution in [3.8, 4) is 5.75 Å². The van der Waals surface area contributed by atoms with Crippen molar-refractivity contribution in [2.24, 2.45) is 23.5 Å². The van der Waals surface area contributed by atoms with E-state index in [1.54, 1.807) is 59.9 Å². The van der Waals surface area contributed by atoms with Gasteiger partial charge in [-0.15, -0.1) is 0 Å². The zero-order valence-corrected chi connectivity index (χ0v) is 62.0. The minimum absolute atomic E-state index is 0.0122. The van der Waals surface area contributed by atoms with E-state index in [0.29, 0.717) is 23.2 Å². The lowest BCUT2D eigenvalue weighted by Gasteiger charge is -2.28. The number of carbonyl (C=O) groups excluding carboxylic acids is 15. The maximum absolute atomic E-state index is 14.4. The average Bonchev–Trinajstić information content (AvgIpc) is 1.65. The van der Waals surface area contributed by atoms with Crippen molar-refractivity contribution >= 4 is 99.5 Å². The van der Waals surface area contributed by atoms with E-state index in [1.165, 1.54) is 62.5 Å². The van der Waals surface area contributed by atoms with E-state index in [4.69, 9.17) is 5.73 Å². The highest BCUT2D eigenvalue weighted by molar-refractivity contribution is 6.00. The van der Waals surface area contributed by atoms with Crippen molar-refractivity contribution < 1.29 is 92.3 Å². The van der Waals surface area contributed by atoms with Crippen molar-refractivity contribution in [3.05, 3.63) is 84.1 Å². The molecule has 0 saturated carbocycles. The van der Waals surface area contributed by atoms with Gasteiger partial charge in [-0.1, -0.05) is 71.9 Å². The van der Waals surface area contributed by atoms with E-state index in [0.717, 1.165) is 10.9 Å². The second-order valence-electron chi connectivity index (χ2n) is 27.8. The van der Waals surface area contributed by atoms with Gasteiger partial charge in [-0.25, -0.2) is 4.98 Å². The molecule has 5 rings (SSSR count). The number of amides is 15. The molecule has 0 bridgehead atoms. The zero-order valence-electron chi connectivity index (χ0n) is 62.0. The summed E-state index contributed by atoms with van der Waals surface area (Å²) in [4.78, 5) is 215. The molecule has 2 aromatic carbocycles. The van der Waals surface area contributed by atoms with Crippen LogP contribution in [0.4, 0.5) is 0 Å². The monoisotopic (exact) mass is 1510 g/mol. The molecular formula is C71H104N18O19. The summed E-state index contributed by atoms with van der Waals surface area (Å²) in [6, 6.07) is -3.02. The first-order chi connectivity index (χ1) is 51.1. The molecule has 4 aromatic rings. The Morgan fingerprint density at radius 2 is 1.08 bits per heavy atom. The second-order valence-corrected chi connectivity index (χ2v) is 27.8. The third kappa shape index (κ3) is 28.3. The molecule has 21 N–H and O–H groups in total. The average molecular weight is 1510 g/mol. The minimum atomic E-state index is -1.87. The molecule has 12 atom stereocenters. The normalized spacial score (nSPS) is 15.7. The predicted molar refractivity (Wildman–Crippen MR) is 389 cm³/mol. The number of para-hydroxylation sites is 1. The quantitative estimate of drug-likeness (QED) is 0.0198. The number of carbonyl (C=O) groups is 15. The van der Waals surface area contributed by atoms with Crippen LogP contribution < -0.4 is 74.9 Å². The molecule has 0 spiro atoms. The molecule has 37 heteroatoms. The fraction of sp³-hybridized carbons (Fsp3) is 0.549. The minimum Gasteiger partial charge on any atom is -0.508 e. The number of phenolic OH excluding ortho intramolecular Hbond substituents is 1. The summed E-state index contributed by atoms with van der Waals surface area (Å²) in [5, 5.41) is 73.5. The van der Waals surface area contributed by atoms with E-state index >= 15 is 0 Å². The number of primary amides is 1. The Bertz CT molecular complexity index is 3770. The van der Waals surface area contributed by atoms with Crippen molar-refractivity contribution in [2.75, 3.05) is 39.4 Å². The Hall–Kier alpha value is -11.1. The van der Waals surface area contributed by atoms with Crippen LogP contribution in [0.1, 0.15) is 118 Å². The Morgan fingerprint density at radius 3 is 1.66 bits per heavy atom. The van der Waals surface area contributed by atoms with Crippen molar-refractivity contribution in [3.63, 3.8) is 0 Å². The number of fused-ring (bicyclic) bond motifs is 1. The molecule has 0 aliphatic carbocycles. The lowest BCUT2D eigenvalue weighted by Crippen LogP contribution is -2.62. The molecule has 0 radical (unpaired) electrons. The van der Waals surface area contributed by atoms with Gasteiger partial charge < -0.3 is 110 Å². The predicted octanol–water partition coefficient (Wildman–Crippen LogP) is -4.77. The number of hydrogen-bond acceptors (Lipinski definition) is 20. The van der Waals surface area contributed by atoms with Crippen molar-refractivity contribution in [2.45, 2.75) is 193 Å². The third-order valence-electron chi connectivity index (χ3n) is 17.2. The molecule has 15 amide bonds. The van der Waals surface area contributed by atoms with Gasteiger partial charge >= 0.3 is 0 Å². The summed E-state index contributed by atoms with van der Waals surface area (Å²) in [5.74, 6) is -14.2. The number of imidazole rings is 1. The molecule has 0 unspecified atom stereocenters. The highest BCUT2D eigenvalue weighted by atomic mass is 16.3. The van der Waals surface area contributed by atoms with E-state index in [2.05, 4.69) is 84.1 Å². The van der Waals surface area contributed by atoms with Gasteiger partial charge in [0.25, 0.3) is 0 Å². The molecule has 3 heterocycles. The number of hydrogen-bond donors (Lipinski definition) is 20. The summed E-state index contributed by atoms with van der Waals surface area (Å²) < 4.78 is 0. The molecule has 1 saturated heterocycles. The first-order valence-corrected chi connectivity index (χ1v) is 35.7. The van der Waals surface area contributed by atoms with Gasteiger partial charge in [0.1, 0.15) is 72.2 Å². The molecule has 37 nitrogen and oxygen atoms in total. The van der Waals surface area contributed by atoms with Gasteiger partial charge in [0.2, 0.25) is 88.6 Å². The number of aromatic hydroxyl groups is 1. The first kappa shape index (κ1) is 87.6. The van der Waals surface area contributed by atoms with Crippen LogP contribution in [0.3, 0.4) is 0 Å². The number of H-pyrrole nitrogens is 2. The molecule has 108 heavy (non-hydrogen) atoms. The van der Waals surface area contributed by atoms with Crippen LogP contribution in [0.5, 0.6) is 5.75 Å². The number of aromatic amines is 2. The highest BCUT2D eigenvalue weighted by Gasteiger charge is 2.39. The number of aliphatic hydroxyl groups is 3. The summed E-state index contributed by atoms with van der Waals surface area (Å²) in [7, 11) is 0. The van der Waals surface area contributed by atoms with Crippen LogP contribution in [0, 0.1) is 17.8 Å². The van der Waals surface area contributed by atoms with Crippen LogP contribution in [-0.2, 0) is 91.2 Å². The number of phenols is 1. The van der Waals surface area contributed by atoms with E-state index in [1.807, 2.05) is 12.1 Å². The van der Waals surface area contributed by atoms with Crippen LogP contribution >= 0.6 is 0 Å². The topological polar surface area (TPSA) is 567 Å². The van der Waals surface area contributed by atoms with Crippen LogP contribution in [0.2, 0.25) is 0 Å². The van der Waals surface area contributed by atoms with Gasteiger partial charge in [0.15, 0.2) is 0 Å². The number of nitrogens with one attached hydrogen (secondary N) is 15. The standard InChI is InChI=1S/C71H104N18O19/c1-36(2)23-48(63(100)77-33-59(97)89-21-12-15-56(89)70(107)85-53(62(99)74-20-22-90)28-44-31-73-35-78-44)82-64(101)49(24-37(3)4)83-66(103)51(26-42-16-18-45(94)19-17-42)81-58(96)32-76-61(98)39(7)79-69(106)55(34-91)87-67(104)54(29-57(72)95)84-65(102)50(25-38(5)6)86-71(108)60(40(8)92)88-68(105)52(80-41(9)93)27-43-30-75-47-14-11-10-13-46(43)47/h10-11,13-14,16-19,30-31,35-40,48-56,60,75,90-92,94H,12,15,20-29,32-34H2,1-9H3,(H2,72,95)(H,73,78)(H,74,99)(H,76,98)(H,77,100)(H,79,106)(H,80,93)(H,81,96)(H,82,101)(H,83,103)(H,84,102)(H,85,107)(H,86,108)(H,87,104)(H,88,105)/t39-,40+,48-,49-,50-,51-,52-,53-,54-,55-,56-,60-/m0/s1. The molecule has 1 aliphatic heterocycles. The lowest BCUT2D eigenvalue weighted by atomic mass is 9.99. The smallest absolute Gasteiger partial charge is 0.245 e. The summed E-state index contributed by atoms with van der Waals surface area (Å²) in [5.41, 5.74) is 7.84. The summed E-state index contributed by atoms with van der Waals surface area (Å²) in [6.45, 7) is 11.3. The fourth-order valence-corrected chi connectivity index (χ4v) is 11.8. The number of aliphatic hydroxyl groups excluding tert-OH is 3. The van der Waals surface area contributed by atoms with E-state index < -0.39 is 187 Å². The fourth-order valence-electron chi connectivity index (χ4n) is 11.8. The highest BCUT2D eigenvalue weighted by Crippen LogP contribution is 2.22. The number of likely N-dealkylation sites (tertiary alicyclic amines) is 1. The Balaban J connectivity index is 1.19. The van der Waals surface area contributed by atoms with Gasteiger partial charge in [-0.05, 0) is 93.0 Å². The largest absolute Gasteiger partial charge is 0.508 e. The van der Waals surface area contributed by atoms with Gasteiger partial charge in [-0.3, -0.25) is 71.9 Å². The number of rotatable bonds is 43. The van der Waals surface area contributed by atoms with Gasteiger partial charge in [-0.2, -0.15) is 0 Å². The van der Waals surface area contributed by atoms with Crippen molar-refractivity contribution in [1.29, 1.82) is 0 Å². The molecule has 592 valence electrons. The Labute approximate surface area is 623 Å². The number of benzene rings is 2. The van der Waals surface area contributed by atoms with Crippen LogP contribution in [-0.4, -0.2) is 241 Å². The van der Waals surface area contributed by atoms with E-state index in [-0.39, 0.29) is 88.1 Å². The zero-order chi connectivity index (χ0) is 80.1. The molecule has 2 aromatic heterocycles. The maximum Gasteiger partial charge on any atom is 0.245 e. The third-order valence-corrected chi connectivity index (χ3v) is 17.2. The first-order valence-electron chi connectivity index (χ1n) is 35.7. The van der Waals surface area contributed by atoms with Crippen molar-refractivity contribution in [1.82, 2.24) is 89.0 Å². The Morgan fingerprint density at radius 1 is 0.556 bits per heavy atom. The molecular weight excluding hydrogens is 1410 g/mol. The van der Waals surface area contributed by atoms with E-state index in [9.17, 15) is 92.3 Å². The lowest BCUT2D eigenvalue weighted by molar-refractivity contribution is -0.140. The van der Waals surface area contributed by atoms with Crippen LogP contribution in [0.25, 0.3) is 10.9 Å². The number of nitrogens with two attached hydrogens (primary N) is 1. The maximum atomic E-state index is 14.4. The van der Waals surface area contributed by atoms with Gasteiger partial charge in [0, 0.05) is 68.3 Å². The molecule has 1 aliphatic rings. The second kappa shape index (κ2) is 42.9. The number of nitrogens with zero attached hydrogens (tertiary/aromatic N) is 2. The number of aromatic nitrogens is 3. The van der Waals surface area contributed by atoms with Gasteiger partial charge in [0.05, 0.1) is 45.2 Å². The summed E-state index contributed by atoms with van der Waals surface area (Å²) in [6.07, 6.45) is 2.51. The molecule has 1 fully saturated rings. The summed E-state index contributed by atoms with van der Waals surface area (Å²) >= 11 is 0. The van der Waals surface area contributed by atoms with Crippen LogP contribution in [0.15, 0.2) is 67.3 Å². The Kier molecular flexibility index (Phi) is 34.8. The SMILES string of the molecule is CC(=O)N[C@@H](Cc1c[nH]c2ccccc12)C(=O)N[C@H](C(=O)N[C@@H](CC(C)C)C(=O)N[C@@H](CC(N)=O)C(=O)N[C@@H](CO)C(=O)N[C@@H](C)C(=O)NCC(=O)N[C@@H](Cc1ccc(O)cc1)C(=O)N[C@@H](CC(C)C)C(=O)N[C@@H](CC(C)C)C(=O)NCC(=O)N1CCC[C@H]1C(=O)N[C@@H](Cc1cnc[nH]1)C(=O)NCCO)[C@@H](C)O.